The average Bonchev–Trinajstić information content (AvgIpc) is 2.60. The molecule has 0 aliphatic carbocycles. The average molecular weight is 339 g/mol. The standard InChI is InChI=1S/C22H26FNO/c1-22(2,3)15-8-11-19-18(13-15)21-17(5-4-12-25-21)20(24-19)14-6-9-16(23)10-7-14/h6-11,13,17,20-21,24H,4-5,12H2,1-3H3/t17-,20-,21-/m1/s1. The molecule has 0 bridgehead atoms. The zero-order valence-electron chi connectivity index (χ0n) is 15.2. The van der Waals surface area contributed by atoms with Crippen LogP contribution in [-0.4, -0.2) is 6.61 Å². The monoisotopic (exact) mass is 339 g/mol. The van der Waals surface area contributed by atoms with Gasteiger partial charge in [0.2, 0.25) is 0 Å². The van der Waals surface area contributed by atoms with Crippen LogP contribution in [0.2, 0.25) is 0 Å². The van der Waals surface area contributed by atoms with E-state index in [0.717, 1.165) is 30.7 Å². The third-order valence-corrected chi connectivity index (χ3v) is 5.56. The molecule has 0 unspecified atom stereocenters. The van der Waals surface area contributed by atoms with Gasteiger partial charge in [-0.1, -0.05) is 45.0 Å². The molecular formula is C22H26FNO. The number of ether oxygens (including phenoxy) is 1. The molecule has 25 heavy (non-hydrogen) atoms. The van der Waals surface area contributed by atoms with E-state index in [2.05, 4.69) is 44.3 Å². The van der Waals surface area contributed by atoms with Gasteiger partial charge in [0.1, 0.15) is 5.82 Å². The minimum Gasteiger partial charge on any atom is -0.378 e. The van der Waals surface area contributed by atoms with Gasteiger partial charge >= 0.3 is 0 Å². The van der Waals surface area contributed by atoms with E-state index in [0.29, 0.717) is 5.92 Å². The molecule has 2 aliphatic rings. The fourth-order valence-electron chi connectivity index (χ4n) is 4.14. The molecule has 132 valence electrons. The Hall–Kier alpha value is -1.87. The van der Waals surface area contributed by atoms with Crippen molar-refractivity contribution in [3.63, 3.8) is 0 Å². The summed E-state index contributed by atoms with van der Waals surface area (Å²) in [6.07, 6.45) is 2.32. The lowest BCUT2D eigenvalue weighted by Crippen LogP contribution is -2.36. The second-order valence-electron chi connectivity index (χ2n) is 8.32. The zero-order valence-corrected chi connectivity index (χ0v) is 15.2. The zero-order chi connectivity index (χ0) is 17.6. The maximum absolute atomic E-state index is 13.3. The SMILES string of the molecule is CC(C)(C)c1ccc2c(c1)[C@@H]1OCCC[C@@H]1[C@@H](c1ccc(F)cc1)N2. The molecule has 2 aromatic carbocycles. The summed E-state index contributed by atoms with van der Waals surface area (Å²) in [4.78, 5) is 0. The van der Waals surface area contributed by atoms with Crippen molar-refractivity contribution in [1.82, 2.24) is 0 Å². The summed E-state index contributed by atoms with van der Waals surface area (Å²) >= 11 is 0. The van der Waals surface area contributed by atoms with Gasteiger partial charge in [0.05, 0.1) is 12.1 Å². The molecule has 2 heterocycles. The molecule has 1 saturated heterocycles. The summed E-state index contributed by atoms with van der Waals surface area (Å²) in [7, 11) is 0. The fourth-order valence-corrected chi connectivity index (χ4v) is 4.14. The van der Waals surface area contributed by atoms with Crippen LogP contribution in [0.4, 0.5) is 10.1 Å². The maximum Gasteiger partial charge on any atom is 0.123 e. The van der Waals surface area contributed by atoms with Crippen LogP contribution in [-0.2, 0) is 10.2 Å². The second kappa shape index (κ2) is 6.14. The second-order valence-corrected chi connectivity index (χ2v) is 8.32. The Morgan fingerprint density at radius 3 is 2.56 bits per heavy atom. The number of rotatable bonds is 1. The molecular weight excluding hydrogens is 313 g/mol. The van der Waals surface area contributed by atoms with Gasteiger partial charge in [0.15, 0.2) is 0 Å². The molecule has 2 aliphatic heterocycles. The van der Waals surface area contributed by atoms with Crippen molar-refractivity contribution in [3.05, 3.63) is 65.0 Å². The molecule has 3 heteroatoms. The summed E-state index contributed by atoms with van der Waals surface area (Å²) in [5, 5.41) is 3.71. The Morgan fingerprint density at radius 2 is 1.84 bits per heavy atom. The predicted octanol–water partition coefficient (Wildman–Crippen LogP) is 5.76. The molecule has 1 fully saturated rings. The van der Waals surface area contributed by atoms with Crippen LogP contribution < -0.4 is 5.32 Å². The predicted molar refractivity (Wildman–Crippen MR) is 99.3 cm³/mol. The van der Waals surface area contributed by atoms with Crippen molar-refractivity contribution >= 4 is 5.69 Å². The quantitative estimate of drug-likeness (QED) is 0.713. The van der Waals surface area contributed by atoms with Crippen LogP contribution in [0.3, 0.4) is 0 Å². The molecule has 2 aromatic rings. The van der Waals surface area contributed by atoms with Crippen molar-refractivity contribution in [3.8, 4) is 0 Å². The number of hydrogen-bond donors (Lipinski definition) is 1. The normalized spacial score (nSPS) is 25.7. The van der Waals surface area contributed by atoms with Crippen molar-refractivity contribution in [2.24, 2.45) is 5.92 Å². The highest BCUT2D eigenvalue weighted by Crippen LogP contribution is 2.49. The van der Waals surface area contributed by atoms with E-state index < -0.39 is 0 Å². The van der Waals surface area contributed by atoms with E-state index in [1.54, 1.807) is 12.1 Å². The Bertz CT molecular complexity index is 763. The van der Waals surface area contributed by atoms with E-state index in [9.17, 15) is 4.39 Å². The van der Waals surface area contributed by atoms with Gasteiger partial charge in [0.25, 0.3) is 0 Å². The Morgan fingerprint density at radius 1 is 1.08 bits per heavy atom. The van der Waals surface area contributed by atoms with Gasteiger partial charge in [-0.05, 0) is 47.6 Å². The first-order valence-corrected chi connectivity index (χ1v) is 9.21. The Balaban J connectivity index is 1.76. The van der Waals surface area contributed by atoms with E-state index in [1.807, 2.05) is 12.1 Å². The van der Waals surface area contributed by atoms with Crippen LogP contribution in [0, 0.1) is 11.7 Å². The van der Waals surface area contributed by atoms with Crippen LogP contribution >= 0.6 is 0 Å². The van der Waals surface area contributed by atoms with Crippen LogP contribution in [0.25, 0.3) is 0 Å². The van der Waals surface area contributed by atoms with E-state index in [4.69, 9.17) is 4.74 Å². The minimum absolute atomic E-state index is 0.113. The number of nitrogens with one attached hydrogen (secondary N) is 1. The third kappa shape index (κ3) is 3.06. The van der Waals surface area contributed by atoms with Gasteiger partial charge in [0, 0.05) is 23.8 Å². The topological polar surface area (TPSA) is 21.3 Å². The van der Waals surface area contributed by atoms with E-state index in [1.165, 1.54) is 11.1 Å². The van der Waals surface area contributed by atoms with Crippen LogP contribution in [0.1, 0.15) is 62.4 Å². The maximum atomic E-state index is 13.3. The van der Waals surface area contributed by atoms with Crippen molar-refractivity contribution < 1.29 is 9.13 Å². The third-order valence-electron chi connectivity index (χ3n) is 5.56. The summed E-state index contributed by atoms with van der Waals surface area (Å²) in [5.74, 6) is 0.188. The largest absolute Gasteiger partial charge is 0.378 e. The summed E-state index contributed by atoms with van der Waals surface area (Å²) in [6.45, 7) is 7.54. The first kappa shape index (κ1) is 16.6. The molecule has 0 spiro atoms. The molecule has 0 amide bonds. The van der Waals surface area contributed by atoms with Gasteiger partial charge in [-0.25, -0.2) is 4.39 Å². The van der Waals surface area contributed by atoms with Gasteiger partial charge in [-0.3, -0.25) is 0 Å². The molecule has 4 rings (SSSR count). The van der Waals surface area contributed by atoms with Gasteiger partial charge in [-0.2, -0.15) is 0 Å². The Labute approximate surface area is 149 Å². The first-order valence-electron chi connectivity index (χ1n) is 9.21. The number of anilines is 1. The minimum atomic E-state index is -0.189. The summed E-state index contributed by atoms with van der Waals surface area (Å²) < 4.78 is 19.6. The van der Waals surface area contributed by atoms with Gasteiger partial charge < -0.3 is 10.1 Å². The molecule has 2 nitrogen and oxygen atoms in total. The lowest BCUT2D eigenvalue weighted by molar-refractivity contribution is -0.0382. The van der Waals surface area contributed by atoms with Crippen molar-refractivity contribution in [2.45, 2.75) is 51.2 Å². The Kier molecular flexibility index (Phi) is 4.07. The van der Waals surface area contributed by atoms with E-state index >= 15 is 0 Å². The van der Waals surface area contributed by atoms with Gasteiger partial charge in [-0.15, -0.1) is 0 Å². The number of benzene rings is 2. The highest BCUT2D eigenvalue weighted by Gasteiger charge is 2.40. The van der Waals surface area contributed by atoms with Crippen LogP contribution in [0.15, 0.2) is 42.5 Å². The van der Waals surface area contributed by atoms with Crippen molar-refractivity contribution in [1.29, 1.82) is 0 Å². The number of halogens is 1. The highest BCUT2D eigenvalue weighted by molar-refractivity contribution is 5.59. The number of fused-ring (bicyclic) bond motifs is 3. The summed E-state index contributed by atoms with van der Waals surface area (Å²) in [5.41, 5.74) is 5.00. The summed E-state index contributed by atoms with van der Waals surface area (Å²) in [6, 6.07) is 13.8. The molecule has 0 saturated carbocycles. The molecule has 0 radical (unpaired) electrons. The lowest BCUT2D eigenvalue weighted by Gasteiger charge is -2.44. The smallest absolute Gasteiger partial charge is 0.123 e. The molecule has 0 aromatic heterocycles. The van der Waals surface area contributed by atoms with Crippen LogP contribution in [0.5, 0.6) is 0 Å². The highest BCUT2D eigenvalue weighted by atomic mass is 19.1. The molecule has 3 atom stereocenters. The lowest BCUT2D eigenvalue weighted by atomic mass is 9.76. The first-order chi connectivity index (χ1) is 11.9. The fraction of sp³-hybridized carbons (Fsp3) is 0.455. The molecule has 1 N–H and O–H groups in total. The van der Waals surface area contributed by atoms with Crippen molar-refractivity contribution in [2.75, 3.05) is 11.9 Å². The van der Waals surface area contributed by atoms with E-state index in [-0.39, 0.29) is 23.4 Å². The number of hydrogen-bond acceptors (Lipinski definition) is 2.